The second-order valence-corrected chi connectivity index (χ2v) is 22.0. The summed E-state index contributed by atoms with van der Waals surface area (Å²) in [5.74, 6) is -1.72. The Kier molecular flexibility index (Phi) is 11.5. The molecule has 5 aromatic rings. The van der Waals surface area contributed by atoms with Crippen molar-refractivity contribution in [2.24, 2.45) is 17.8 Å². The SMILES string of the molecule is CC(C)(C)[Si](OCC1=C2[C@@H](CC/C(=C/c3cccc(O)c3)c3ccccn3)OB(O)C[C@@H]2[C@@H]2C(=O)N(Cc3cccs3)C(=O)[C@@H]2C1)(c1ccccc1)c1ccccc1. The van der Waals surface area contributed by atoms with E-state index in [1.807, 2.05) is 66.1 Å². The van der Waals surface area contributed by atoms with E-state index in [2.05, 4.69) is 74.3 Å². The number of aromatic hydroxyl groups is 1. The van der Waals surface area contributed by atoms with Gasteiger partial charge in [-0.15, -0.1) is 11.3 Å². The van der Waals surface area contributed by atoms with Crippen molar-refractivity contribution in [2.75, 3.05) is 6.61 Å². The fourth-order valence-electron chi connectivity index (χ4n) is 9.56. The van der Waals surface area contributed by atoms with E-state index in [4.69, 9.17) is 9.08 Å². The number of pyridine rings is 1. The maximum atomic E-state index is 14.5. The van der Waals surface area contributed by atoms with Crippen LogP contribution in [-0.4, -0.2) is 60.0 Å². The molecule has 0 bridgehead atoms. The summed E-state index contributed by atoms with van der Waals surface area (Å²) in [6, 6.07) is 37.8. The van der Waals surface area contributed by atoms with E-state index in [9.17, 15) is 19.7 Å². The molecular formula is C47H49BN2O6SSi. The number of fused-ring (bicyclic) bond motifs is 3. The van der Waals surface area contributed by atoms with Gasteiger partial charge in [0.15, 0.2) is 0 Å². The summed E-state index contributed by atoms with van der Waals surface area (Å²) in [5, 5.41) is 25.7. The van der Waals surface area contributed by atoms with Crippen LogP contribution in [0.5, 0.6) is 5.75 Å². The number of carbonyl (C=O) groups excluding carboxylic acids is 2. The van der Waals surface area contributed by atoms with Crippen molar-refractivity contribution in [1.29, 1.82) is 0 Å². The molecule has 2 aromatic heterocycles. The van der Waals surface area contributed by atoms with Crippen molar-refractivity contribution in [3.63, 3.8) is 0 Å². The van der Waals surface area contributed by atoms with Gasteiger partial charge >= 0.3 is 7.12 Å². The molecule has 4 atom stereocenters. The molecule has 8 nitrogen and oxygen atoms in total. The minimum Gasteiger partial charge on any atom is -0.508 e. The lowest BCUT2D eigenvalue weighted by Crippen LogP contribution is -2.66. The Labute approximate surface area is 346 Å². The normalized spacial score (nSPS) is 21.3. The molecule has 296 valence electrons. The third kappa shape index (κ3) is 7.81. The van der Waals surface area contributed by atoms with E-state index in [-0.39, 0.29) is 42.1 Å². The maximum Gasteiger partial charge on any atom is 0.455 e. The Hall–Kier alpha value is -4.91. The van der Waals surface area contributed by atoms with E-state index in [1.165, 1.54) is 16.2 Å². The van der Waals surface area contributed by atoms with Crippen LogP contribution < -0.4 is 10.4 Å². The summed E-state index contributed by atoms with van der Waals surface area (Å²) in [7, 11) is -4.11. The zero-order valence-corrected chi connectivity index (χ0v) is 35.0. The zero-order valence-electron chi connectivity index (χ0n) is 33.2. The minimum atomic E-state index is -3.00. The summed E-state index contributed by atoms with van der Waals surface area (Å²) >= 11 is 1.53. The van der Waals surface area contributed by atoms with Crippen molar-refractivity contribution in [3.8, 4) is 5.75 Å². The van der Waals surface area contributed by atoms with Crippen LogP contribution in [0.2, 0.25) is 11.4 Å². The number of benzene rings is 3. The maximum absolute atomic E-state index is 14.5. The lowest BCUT2D eigenvalue weighted by atomic mass is 9.58. The number of carbonyl (C=O) groups is 2. The molecular weight excluding hydrogens is 759 g/mol. The predicted octanol–water partition coefficient (Wildman–Crippen LogP) is 7.74. The summed E-state index contributed by atoms with van der Waals surface area (Å²) in [6.07, 6.45) is 4.87. The Bertz CT molecular complexity index is 2260. The number of aromatic nitrogens is 1. The second kappa shape index (κ2) is 16.8. The van der Waals surface area contributed by atoms with Crippen molar-refractivity contribution >= 4 is 60.6 Å². The van der Waals surface area contributed by atoms with Crippen LogP contribution in [0, 0.1) is 17.8 Å². The third-order valence-corrected chi connectivity index (χ3v) is 17.9. The van der Waals surface area contributed by atoms with Gasteiger partial charge in [-0.25, -0.2) is 0 Å². The molecule has 8 rings (SSSR count). The van der Waals surface area contributed by atoms with E-state index < -0.39 is 39.3 Å². The fraction of sp³-hybridized carbons (Fsp3) is 0.298. The highest BCUT2D eigenvalue weighted by Crippen LogP contribution is 2.51. The summed E-state index contributed by atoms with van der Waals surface area (Å²) in [5.41, 5.74) is 4.53. The number of nitrogens with zero attached hydrogens (tertiary/aromatic N) is 2. The van der Waals surface area contributed by atoms with Crippen LogP contribution in [0.1, 0.15) is 56.2 Å². The molecule has 0 spiro atoms. The van der Waals surface area contributed by atoms with Crippen LogP contribution in [0.15, 0.2) is 138 Å². The molecule has 2 saturated heterocycles. The molecule has 2 N–H and O–H groups in total. The van der Waals surface area contributed by atoms with Gasteiger partial charge < -0.3 is 19.2 Å². The summed E-state index contributed by atoms with van der Waals surface area (Å²) in [4.78, 5) is 35.9. The topological polar surface area (TPSA) is 109 Å². The first-order chi connectivity index (χ1) is 28.0. The predicted molar refractivity (Wildman–Crippen MR) is 233 cm³/mol. The first-order valence-corrected chi connectivity index (χ1v) is 22.9. The standard InChI is InChI=1S/C47H49BN2O6SSi/c1-47(2,3)58(37-17-6-4-7-18-37,38-19-8-5-9-20-38)55-31-34-28-39-44(46(53)50(45(39)52)30-36-16-13-25-57-36)40-29-48(54)56-42(43(34)40)23-22-33(41-21-10-11-24-49-41)26-32-14-12-15-35(51)27-32/h4-21,24-27,39-40,42,44,51,54H,22-23,28-31H2,1-3H3/b33-26-/t39-,40+,42-,44-/m1/s1. The average Bonchev–Trinajstić information content (AvgIpc) is 3.82. The Morgan fingerprint density at radius 1 is 0.931 bits per heavy atom. The van der Waals surface area contributed by atoms with Crippen LogP contribution in [0.3, 0.4) is 0 Å². The van der Waals surface area contributed by atoms with Crippen molar-refractivity contribution in [3.05, 3.63) is 154 Å². The molecule has 58 heavy (non-hydrogen) atoms. The van der Waals surface area contributed by atoms with Gasteiger partial charge in [0.2, 0.25) is 11.8 Å². The molecule has 2 amide bonds. The van der Waals surface area contributed by atoms with Gasteiger partial charge in [0.25, 0.3) is 8.32 Å². The lowest BCUT2D eigenvalue weighted by Gasteiger charge is -2.46. The number of likely N-dealkylation sites (tertiary alicyclic amines) is 1. The lowest BCUT2D eigenvalue weighted by molar-refractivity contribution is -0.140. The molecule has 0 radical (unpaired) electrons. The van der Waals surface area contributed by atoms with E-state index in [0.717, 1.165) is 43.2 Å². The van der Waals surface area contributed by atoms with Gasteiger partial charge in [0.1, 0.15) is 5.75 Å². The quantitative estimate of drug-likeness (QED) is 0.0755. The smallest absolute Gasteiger partial charge is 0.455 e. The van der Waals surface area contributed by atoms with Crippen molar-refractivity contribution in [1.82, 2.24) is 9.88 Å². The first-order valence-electron chi connectivity index (χ1n) is 20.1. The minimum absolute atomic E-state index is 0.158. The highest BCUT2D eigenvalue weighted by molar-refractivity contribution is 7.09. The van der Waals surface area contributed by atoms with E-state index in [0.29, 0.717) is 19.3 Å². The number of hydrogen-bond donors (Lipinski definition) is 2. The molecule has 3 aromatic carbocycles. The molecule has 0 saturated carbocycles. The summed E-state index contributed by atoms with van der Waals surface area (Å²) in [6.45, 7) is 7.25. The molecule has 1 aliphatic carbocycles. The van der Waals surface area contributed by atoms with Crippen LogP contribution in [0.4, 0.5) is 0 Å². The van der Waals surface area contributed by atoms with Crippen molar-refractivity contribution in [2.45, 2.75) is 64.0 Å². The Morgan fingerprint density at radius 2 is 1.66 bits per heavy atom. The second-order valence-electron chi connectivity index (χ2n) is 16.6. The van der Waals surface area contributed by atoms with Gasteiger partial charge in [-0.3, -0.25) is 19.5 Å². The fourth-order valence-corrected chi connectivity index (χ4v) is 14.8. The summed E-state index contributed by atoms with van der Waals surface area (Å²) < 4.78 is 14.0. The number of allylic oxidation sites excluding steroid dienone is 1. The number of amides is 2. The monoisotopic (exact) mass is 808 g/mol. The number of thiophene rings is 1. The van der Waals surface area contributed by atoms with E-state index >= 15 is 0 Å². The van der Waals surface area contributed by atoms with Gasteiger partial charge in [0.05, 0.1) is 36.8 Å². The number of imide groups is 1. The number of hydrogen-bond acceptors (Lipinski definition) is 8. The number of rotatable bonds is 12. The largest absolute Gasteiger partial charge is 0.508 e. The average molecular weight is 809 g/mol. The molecule has 4 heterocycles. The number of phenolic OH excluding ortho intramolecular Hbond substituents is 1. The molecule has 2 aliphatic heterocycles. The molecule has 11 heteroatoms. The van der Waals surface area contributed by atoms with Crippen molar-refractivity contribution < 1.29 is 28.8 Å². The highest BCUT2D eigenvalue weighted by Gasteiger charge is 2.58. The Morgan fingerprint density at radius 3 is 2.29 bits per heavy atom. The molecule has 2 fully saturated rings. The van der Waals surface area contributed by atoms with E-state index in [1.54, 1.807) is 18.3 Å². The Balaban J connectivity index is 1.21. The van der Waals surface area contributed by atoms with Gasteiger partial charge in [-0.05, 0) is 111 Å². The van der Waals surface area contributed by atoms with Crippen LogP contribution >= 0.6 is 11.3 Å². The number of phenols is 1. The van der Waals surface area contributed by atoms with Gasteiger partial charge in [0, 0.05) is 11.1 Å². The van der Waals surface area contributed by atoms with Gasteiger partial charge in [-0.1, -0.05) is 106 Å². The van der Waals surface area contributed by atoms with Crippen LogP contribution in [-0.2, 0) is 25.2 Å². The molecule has 3 aliphatic rings. The first kappa shape index (κ1) is 39.9. The third-order valence-electron chi connectivity index (χ3n) is 12.1. The molecule has 0 unspecified atom stereocenters. The zero-order chi connectivity index (χ0) is 40.4. The highest BCUT2D eigenvalue weighted by atomic mass is 32.1. The van der Waals surface area contributed by atoms with Gasteiger partial charge in [-0.2, -0.15) is 0 Å². The van der Waals surface area contributed by atoms with Crippen LogP contribution in [0.25, 0.3) is 11.6 Å².